The Labute approximate surface area is 201 Å². The van der Waals surface area contributed by atoms with E-state index in [0.29, 0.717) is 12.2 Å². The molecule has 194 valence electrons. The summed E-state index contributed by atoms with van der Waals surface area (Å²) in [6.45, 7) is 3.40. The van der Waals surface area contributed by atoms with Crippen LogP contribution in [0, 0.1) is 5.92 Å². The quantitative estimate of drug-likeness (QED) is 0.126. The number of aliphatic carboxylic acids is 3. The normalized spacial score (nSPS) is 15.2. The van der Waals surface area contributed by atoms with Gasteiger partial charge in [-0.3, -0.25) is 24.0 Å². The van der Waals surface area contributed by atoms with Crippen molar-refractivity contribution in [3.8, 4) is 0 Å². The second-order valence-electron chi connectivity index (χ2n) is 7.75. The van der Waals surface area contributed by atoms with Gasteiger partial charge in [0.1, 0.15) is 18.1 Å². The maximum absolute atomic E-state index is 12.8. The highest BCUT2D eigenvalue weighted by Crippen LogP contribution is 2.11. The summed E-state index contributed by atoms with van der Waals surface area (Å²) in [4.78, 5) is 71.2. The lowest BCUT2D eigenvalue weighted by Crippen LogP contribution is -2.59. The Hall–Kier alpha value is -2.87. The molecule has 0 spiro atoms. The molecular weight excluding hydrogens is 472 g/mol. The largest absolute Gasteiger partial charge is 0.481 e. The topological polar surface area (TPSA) is 225 Å². The summed E-state index contributed by atoms with van der Waals surface area (Å²) < 4.78 is 0. The van der Waals surface area contributed by atoms with Crippen molar-refractivity contribution in [2.45, 2.75) is 70.1 Å². The molecule has 0 saturated carbocycles. The van der Waals surface area contributed by atoms with E-state index in [9.17, 15) is 33.9 Å². The third-order valence-electron chi connectivity index (χ3n) is 5.04. The smallest absolute Gasteiger partial charge is 0.326 e. The number of nitrogens with one attached hydrogen (secondary N) is 3. The van der Waals surface area contributed by atoms with E-state index in [0.717, 1.165) is 0 Å². The molecule has 0 aliphatic rings. The minimum absolute atomic E-state index is 0.162. The van der Waals surface area contributed by atoms with Crippen LogP contribution in [0.1, 0.15) is 46.0 Å². The number of amides is 3. The Balaban J connectivity index is 5.51. The molecule has 0 rings (SSSR count). The first-order chi connectivity index (χ1) is 15.8. The third kappa shape index (κ3) is 11.8. The molecule has 8 N–H and O–H groups in total. The van der Waals surface area contributed by atoms with E-state index >= 15 is 0 Å². The Kier molecular flexibility index (Phi) is 14.5. The highest BCUT2D eigenvalue weighted by molar-refractivity contribution is 7.98. The molecule has 0 radical (unpaired) electrons. The highest BCUT2D eigenvalue weighted by atomic mass is 32.2. The molecule has 0 aromatic rings. The summed E-state index contributed by atoms with van der Waals surface area (Å²) in [7, 11) is 0. The molecule has 13 nitrogen and oxygen atoms in total. The van der Waals surface area contributed by atoms with Crippen LogP contribution in [0.3, 0.4) is 0 Å². The minimum atomic E-state index is -1.59. The molecule has 0 fully saturated rings. The highest BCUT2D eigenvalue weighted by Gasteiger charge is 2.33. The zero-order chi connectivity index (χ0) is 26.4. The third-order valence-corrected chi connectivity index (χ3v) is 5.68. The van der Waals surface area contributed by atoms with Gasteiger partial charge in [0.25, 0.3) is 0 Å². The van der Waals surface area contributed by atoms with Gasteiger partial charge in [0.2, 0.25) is 17.7 Å². The van der Waals surface area contributed by atoms with Crippen LogP contribution in [0.25, 0.3) is 0 Å². The van der Waals surface area contributed by atoms with Crippen molar-refractivity contribution >= 4 is 47.4 Å². The Bertz CT molecular complexity index is 750. The van der Waals surface area contributed by atoms with E-state index in [1.807, 2.05) is 0 Å². The monoisotopic (exact) mass is 506 g/mol. The summed E-state index contributed by atoms with van der Waals surface area (Å²) in [6, 6.07) is -5.25. The summed E-state index contributed by atoms with van der Waals surface area (Å²) in [5, 5.41) is 34.2. The first kappa shape index (κ1) is 31.1. The van der Waals surface area contributed by atoms with Gasteiger partial charge in [-0.25, -0.2) is 4.79 Å². The molecule has 0 aliphatic carbocycles. The fourth-order valence-corrected chi connectivity index (χ4v) is 3.25. The number of hydrogen-bond acceptors (Lipinski definition) is 8. The van der Waals surface area contributed by atoms with E-state index in [1.165, 1.54) is 11.8 Å². The number of carboxylic acids is 3. The van der Waals surface area contributed by atoms with Crippen LogP contribution in [0.4, 0.5) is 0 Å². The van der Waals surface area contributed by atoms with Crippen molar-refractivity contribution in [3.63, 3.8) is 0 Å². The van der Waals surface area contributed by atoms with Gasteiger partial charge in [-0.05, 0) is 30.8 Å². The van der Waals surface area contributed by atoms with Gasteiger partial charge in [0, 0.05) is 6.42 Å². The van der Waals surface area contributed by atoms with Crippen LogP contribution in [-0.4, -0.2) is 87.1 Å². The summed E-state index contributed by atoms with van der Waals surface area (Å²) >= 11 is 1.40. The standard InChI is InChI=1S/C20H34N4O9S/c1-4-10(2)16(19(31)22-12(20(32)33)7-8-34-3)24-18(30)13(9-15(27)28)23-17(29)11(21)5-6-14(25)26/h10-13,16H,4-9,21H2,1-3H3,(H,22,31)(H,23,29)(H,24,30)(H,25,26)(H,27,28)(H,32,33). The number of hydrogen-bond donors (Lipinski definition) is 7. The van der Waals surface area contributed by atoms with E-state index in [2.05, 4.69) is 16.0 Å². The number of carboxylic acid groups (broad SMARTS) is 3. The van der Waals surface area contributed by atoms with Gasteiger partial charge in [0.15, 0.2) is 0 Å². The van der Waals surface area contributed by atoms with Gasteiger partial charge >= 0.3 is 17.9 Å². The predicted molar refractivity (Wildman–Crippen MR) is 123 cm³/mol. The van der Waals surface area contributed by atoms with Crippen LogP contribution < -0.4 is 21.7 Å². The Morgan fingerprint density at radius 3 is 1.91 bits per heavy atom. The SMILES string of the molecule is CCC(C)C(NC(=O)C(CC(=O)O)NC(=O)C(N)CCC(=O)O)C(=O)NC(CCSC)C(=O)O. The number of carbonyl (C=O) groups excluding carboxylic acids is 3. The molecule has 0 heterocycles. The zero-order valence-electron chi connectivity index (χ0n) is 19.4. The average molecular weight is 507 g/mol. The average Bonchev–Trinajstić information content (AvgIpc) is 2.76. The van der Waals surface area contributed by atoms with Gasteiger partial charge in [-0.15, -0.1) is 0 Å². The molecule has 0 saturated heterocycles. The molecule has 5 unspecified atom stereocenters. The van der Waals surface area contributed by atoms with Crippen molar-refractivity contribution < 1.29 is 44.1 Å². The van der Waals surface area contributed by atoms with E-state index in [-0.39, 0.29) is 12.8 Å². The molecule has 14 heteroatoms. The van der Waals surface area contributed by atoms with Gasteiger partial charge < -0.3 is 37.0 Å². The molecule has 5 atom stereocenters. The number of rotatable bonds is 17. The van der Waals surface area contributed by atoms with Crippen molar-refractivity contribution in [2.24, 2.45) is 11.7 Å². The Morgan fingerprint density at radius 1 is 0.853 bits per heavy atom. The van der Waals surface area contributed by atoms with Crippen LogP contribution >= 0.6 is 11.8 Å². The molecular formula is C20H34N4O9S. The second-order valence-corrected chi connectivity index (χ2v) is 8.74. The summed E-state index contributed by atoms with van der Waals surface area (Å²) in [5.41, 5.74) is 5.61. The minimum Gasteiger partial charge on any atom is -0.481 e. The van der Waals surface area contributed by atoms with Crippen LogP contribution in [0.5, 0.6) is 0 Å². The lowest BCUT2D eigenvalue weighted by atomic mass is 9.97. The number of carbonyl (C=O) groups is 6. The summed E-state index contributed by atoms with van der Waals surface area (Å²) in [5.74, 6) is -6.44. The molecule has 34 heavy (non-hydrogen) atoms. The van der Waals surface area contributed by atoms with Gasteiger partial charge in [-0.2, -0.15) is 11.8 Å². The van der Waals surface area contributed by atoms with Crippen molar-refractivity contribution in [2.75, 3.05) is 12.0 Å². The number of thioether (sulfide) groups is 1. The zero-order valence-corrected chi connectivity index (χ0v) is 20.2. The van der Waals surface area contributed by atoms with Gasteiger partial charge in [-0.1, -0.05) is 20.3 Å². The summed E-state index contributed by atoms with van der Waals surface area (Å²) in [6.07, 6.45) is 0.929. The molecule has 0 aliphatic heterocycles. The first-order valence-electron chi connectivity index (χ1n) is 10.7. The van der Waals surface area contributed by atoms with Gasteiger partial charge in [0.05, 0.1) is 12.5 Å². The predicted octanol–water partition coefficient (Wildman–Crippen LogP) is -1.01. The van der Waals surface area contributed by atoms with Crippen molar-refractivity contribution in [3.05, 3.63) is 0 Å². The maximum atomic E-state index is 12.8. The van der Waals surface area contributed by atoms with E-state index in [1.54, 1.807) is 20.1 Å². The number of nitrogens with two attached hydrogens (primary N) is 1. The van der Waals surface area contributed by atoms with Crippen molar-refractivity contribution in [1.82, 2.24) is 16.0 Å². The fourth-order valence-electron chi connectivity index (χ4n) is 2.78. The molecule has 0 bridgehead atoms. The first-order valence-corrected chi connectivity index (χ1v) is 12.0. The van der Waals surface area contributed by atoms with Crippen molar-refractivity contribution in [1.29, 1.82) is 0 Å². The van der Waals surface area contributed by atoms with E-state index in [4.69, 9.17) is 15.9 Å². The lowest BCUT2D eigenvalue weighted by molar-refractivity contribution is -0.143. The molecule has 3 amide bonds. The van der Waals surface area contributed by atoms with Crippen LogP contribution in [0.15, 0.2) is 0 Å². The van der Waals surface area contributed by atoms with Crippen LogP contribution in [0.2, 0.25) is 0 Å². The maximum Gasteiger partial charge on any atom is 0.326 e. The molecule has 0 aromatic heterocycles. The Morgan fingerprint density at radius 2 is 1.44 bits per heavy atom. The lowest BCUT2D eigenvalue weighted by Gasteiger charge is -2.27. The fraction of sp³-hybridized carbons (Fsp3) is 0.700. The molecule has 0 aromatic carbocycles. The second kappa shape index (κ2) is 15.9. The van der Waals surface area contributed by atoms with Crippen LogP contribution in [-0.2, 0) is 28.8 Å². The van der Waals surface area contributed by atoms with E-state index < -0.39 is 78.6 Å².